The Labute approximate surface area is 213 Å². The summed E-state index contributed by atoms with van der Waals surface area (Å²) < 4.78 is 12.8. The van der Waals surface area contributed by atoms with Crippen molar-refractivity contribution in [3.8, 4) is 5.75 Å². The second kappa shape index (κ2) is 10.2. The van der Waals surface area contributed by atoms with Crippen molar-refractivity contribution in [2.24, 2.45) is 0 Å². The molecule has 3 aromatic rings. The number of hydrogen-bond donors (Lipinski definition) is 0. The summed E-state index contributed by atoms with van der Waals surface area (Å²) >= 11 is 12.4. The summed E-state index contributed by atoms with van der Waals surface area (Å²) in [5, 5.41) is 2.87. The Morgan fingerprint density at radius 3 is 2.15 bits per heavy atom. The number of halogens is 2. The van der Waals surface area contributed by atoms with Crippen molar-refractivity contribution in [1.29, 1.82) is 0 Å². The molecule has 0 radical (unpaired) electrons. The summed E-state index contributed by atoms with van der Waals surface area (Å²) in [5.74, 6) is 1.14. The third-order valence-corrected chi connectivity index (χ3v) is 11.9. The van der Waals surface area contributed by atoms with Crippen LogP contribution in [0.25, 0.3) is 0 Å². The highest BCUT2D eigenvalue weighted by molar-refractivity contribution is 6.99. The Balaban J connectivity index is 1.61. The molecule has 5 nitrogen and oxygen atoms in total. The molecule has 0 saturated carbocycles. The molecule has 0 unspecified atom stereocenters. The van der Waals surface area contributed by atoms with Crippen LogP contribution in [0.5, 0.6) is 5.75 Å². The van der Waals surface area contributed by atoms with Gasteiger partial charge in [-0.3, -0.25) is 0 Å². The monoisotopic (exact) mass is 515 g/mol. The molecule has 2 heterocycles. The Bertz CT molecular complexity index is 1070. The standard InChI is InChI=1S/C26H31Cl2N3O2Si/c1-19(31-16-18-32-22-23(27)29-25(28)30-24(22)31)15-17-33-34(26(2,3)4,20-11-7-5-8-12-20)21-13-9-6-10-14-21/h5-14,19H,15-18H2,1-4H3/t19-/m1/s1. The molecule has 0 fully saturated rings. The van der Waals surface area contributed by atoms with Crippen molar-refractivity contribution in [2.45, 2.75) is 45.2 Å². The van der Waals surface area contributed by atoms with Crippen LogP contribution in [0.4, 0.5) is 5.82 Å². The molecule has 1 aliphatic rings. The molecule has 0 amide bonds. The fraction of sp³-hybridized carbons (Fsp3) is 0.385. The number of rotatable bonds is 7. The van der Waals surface area contributed by atoms with E-state index < -0.39 is 8.32 Å². The van der Waals surface area contributed by atoms with E-state index in [9.17, 15) is 0 Å². The molecule has 8 heteroatoms. The van der Waals surface area contributed by atoms with Crippen LogP contribution in [-0.2, 0) is 4.43 Å². The molecule has 0 bridgehead atoms. The summed E-state index contributed by atoms with van der Waals surface area (Å²) in [5.41, 5.74) is 0. The van der Waals surface area contributed by atoms with Crippen molar-refractivity contribution in [3.05, 3.63) is 71.1 Å². The van der Waals surface area contributed by atoms with Gasteiger partial charge < -0.3 is 14.1 Å². The molecular formula is C26H31Cl2N3O2Si. The van der Waals surface area contributed by atoms with Gasteiger partial charge in [0, 0.05) is 12.6 Å². The van der Waals surface area contributed by atoms with E-state index in [-0.39, 0.29) is 21.5 Å². The lowest BCUT2D eigenvalue weighted by molar-refractivity contribution is 0.265. The molecule has 0 saturated heterocycles. The number of aromatic nitrogens is 2. The van der Waals surface area contributed by atoms with Gasteiger partial charge in [0.2, 0.25) is 5.28 Å². The number of fused-ring (bicyclic) bond motifs is 1. The van der Waals surface area contributed by atoms with Crippen LogP contribution in [0.2, 0.25) is 15.5 Å². The van der Waals surface area contributed by atoms with Crippen LogP contribution in [0.3, 0.4) is 0 Å². The highest BCUT2D eigenvalue weighted by Crippen LogP contribution is 2.39. The molecule has 1 atom stereocenters. The van der Waals surface area contributed by atoms with Crippen molar-refractivity contribution in [3.63, 3.8) is 0 Å². The minimum Gasteiger partial charge on any atom is -0.485 e. The summed E-state index contributed by atoms with van der Waals surface area (Å²) in [7, 11) is -2.57. The van der Waals surface area contributed by atoms with E-state index in [1.54, 1.807) is 0 Å². The molecule has 2 aromatic carbocycles. The molecular weight excluding hydrogens is 485 g/mol. The largest absolute Gasteiger partial charge is 0.485 e. The SMILES string of the molecule is C[C@H](CCO[Si](c1ccccc1)(c1ccccc1)C(C)(C)C)N1CCOc2c(Cl)nc(Cl)nc21. The van der Waals surface area contributed by atoms with Gasteiger partial charge in [-0.05, 0) is 40.4 Å². The zero-order valence-corrected chi connectivity index (χ0v) is 22.6. The first-order valence-corrected chi connectivity index (χ1v) is 14.3. The Hall–Kier alpha value is -2.12. The van der Waals surface area contributed by atoms with E-state index in [0.717, 1.165) is 6.42 Å². The Morgan fingerprint density at radius 2 is 1.59 bits per heavy atom. The summed E-state index contributed by atoms with van der Waals surface area (Å²) in [6.07, 6.45) is 0.823. The first kappa shape index (κ1) is 25.0. The smallest absolute Gasteiger partial charge is 0.261 e. The predicted molar refractivity (Wildman–Crippen MR) is 143 cm³/mol. The third kappa shape index (κ3) is 4.82. The quantitative estimate of drug-likeness (QED) is 0.241. The lowest BCUT2D eigenvalue weighted by Gasteiger charge is -2.43. The van der Waals surface area contributed by atoms with Crippen LogP contribution in [0, 0.1) is 0 Å². The van der Waals surface area contributed by atoms with Crippen LogP contribution in [0.1, 0.15) is 34.1 Å². The maximum absolute atomic E-state index is 7.06. The third-order valence-electron chi connectivity index (χ3n) is 6.43. The van der Waals surface area contributed by atoms with Gasteiger partial charge in [-0.25, -0.2) is 4.98 Å². The molecule has 34 heavy (non-hydrogen) atoms. The highest BCUT2D eigenvalue weighted by Gasteiger charge is 2.50. The van der Waals surface area contributed by atoms with Crippen LogP contribution < -0.4 is 20.0 Å². The van der Waals surface area contributed by atoms with Gasteiger partial charge in [-0.1, -0.05) is 93.0 Å². The van der Waals surface area contributed by atoms with E-state index >= 15 is 0 Å². The molecule has 0 aliphatic carbocycles. The van der Waals surface area contributed by atoms with Gasteiger partial charge in [0.1, 0.15) is 6.61 Å². The zero-order chi connectivity index (χ0) is 24.3. The van der Waals surface area contributed by atoms with Crippen molar-refractivity contribution >= 4 is 47.7 Å². The Kier molecular flexibility index (Phi) is 7.53. The minimum absolute atomic E-state index is 0.0568. The van der Waals surface area contributed by atoms with Crippen LogP contribution in [-0.4, -0.2) is 44.1 Å². The van der Waals surface area contributed by atoms with Crippen LogP contribution >= 0.6 is 23.2 Å². The number of nitrogens with zero attached hydrogens (tertiary/aromatic N) is 3. The topological polar surface area (TPSA) is 47.5 Å². The molecule has 1 aliphatic heterocycles. The molecule has 0 N–H and O–H groups in total. The lowest BCUT2D eigenvalue weighted by atomic mass is 10.2. The fourth-order valence-corrected chi connectivity index (χ4v) is 9.79. The molecule has 1 aromatic heterocycles. The second-order valence-corrected chi connectivity index (χ2v) is 14.6. The van der Waals surface area contributed by atoms with E-state index in [4.69, 9.17) is 32.4 Å². The van der Waals surface area contributed by atoms with Crippen molar-refractivity contribution in [1.82, 2.24) is 9.97 Å². The normalized spacial score (nSPS) is 14.9. The average molecular weight is 517 g/mol. The Morgan fingerprint density at radius 1 is 1.00 bits per heavy atom. The fourth-order valence-electron chi connectivity index (χ4n) is 4.79. The van der Waals surface area contributed by atoms with Gasteiger partial charge in [0.25, 0.3) is 8.32 Å². The van der Waals surface area contributed by atoms with Crippen molar-refractivity contribution < 1.29 is 9.16 Å². The van der Waals surface area contributed by atoms with Gasteiger partial charge in [-0.15, -0.1) is 0 Å². The van der Waals surface area contributed by atoms with E-state index in [2.05, 4.69) is 103 Å². The summed E-state index contributed by atoms with van der Waals surface area (Å²) in [6, 6.07) is 21.6. The first-order chi connectivity index (χ1) is 16.2. The number of ether oxygens (including phenoxy) is 1. The average Bonchev–Trinajstić information content (AvgIpc) is 2.81. The maximum Gasteiger partial charge on any atom is 0.261 e. The second-order valence-electron chi connectivity index (χ2n) is 9.63. The number of benzene rings is 2. The van der Waals surface area contributed by atoms with E-state index in [0.29, 0.717) is 31.3 Å². The molecule has 180 valence electrons. The first-order valence-electron chi connectivity index (χ1n) is 11.6. The predicted octanol–water partition coefficient (Wildman–Crippen LogP) is 5.34. The van der Waals surface area contributed by atoms with Gasteiger partial charge in [0.15, 0.2) is 16.7 Å². The minimum atomic E-state index is -2.57. The maximum atomic E-state index is 7.06. The summed E-state index contributed by atoms with van der Waals surface area (Å²) in [4.78, 5) is 10.6. The summed E-state index contributed by atoms with van der Waals surface area (Å²) in [6.45, 7) is 10.9. The molecule has 0 spiro atoms. The van der Waals surface area contributed by atoms with Crippen molar-refractivity contribution in [2.75, 3.05) is 24.7 Å². The lowest BCUT2D eigenvalue weighted by Crippen LogP contribution is -2.66. The van der Waals surface area contributed by atoms with Gasteiger partial charge >= 0.3 is 0 Å². The van der Waals surface area contributed by atoms with Gasteiger partial charge in [-0.2, -0.15) is 4.98 Å². The van der Waals surface area contributed by atoms with Gasteiger partial charge in [0.05, 0.1) is 6.54 Å². The molecule has 4 rings (SSSR count). The van der Waals surface area contributed by atoms with E-state index in [1.165, 1.54) is 10.4 Å². The highest BCUT2D eigenvalue weighted by atomic mass is 35.5. The number of hydrogen-bond acceptors (Lipinski definition) is 5. The zero-order valence-electron chi connectivity index (χ0n) is 20.1. The van der Waals surface area contributed by atoms with Crippen LogP contribution in [0.15, 0.2) is 60.7 Å². The number of anilines is 1. The van der Waals surface area contributed by atoms with E-state index in [1.807, 2.05) is 0 Å².